The van der Waals surface area contributed by atoms with E-state index in [1.165, 1.54) is 66.7 Å². The normalized spacial score (nSPS) is 13.1. The molecule has 0 atom stereocenters. The molecule has 1 aliphatic carbocycles. The Balaban J connectivity index is 1.08. The topological polar surface area (TPSA) is 19.6 Å². The molecule has 0 N–H and O–H groups in total. The van der Waals surface area contributed by atoms with Crippen molar-refractivity contribution in [3.05, 3.63) is 277 Å². The van der Waals surface area contributed by atoms with Gasteiger partial charge in [-0.15, -0.1) is 0 Å². The highest BCUT2D eigenvalue weighted by Gasteiger charge is 2.52. The van der Waals surface area contributed by atoms with E-state index in [0.717, 1.165) is 55.8 Å². The van der Waals surface area contributed by atoms with E-state index >= 15 is 0 Å². The van der Waals surface area contributed by atoms with E-state index in [4.69, 9.17) is 4.42 Å². The lowest BCUT2D eigenvalue weighted by Gasteiger charge is -2.45. The van der Waals surface area contributed by atoms with Crippen LogP contribution in [0.1, 0.15) is 22.3 Å². The number of anilines is 6. The van der Waals surface area contributed by atoms with Gasteiger partial charge in [0.2, 0.25) is 0 Å². The standard InChI is InChI=1S/C65H42N2O/c1-2-23-44(24-3-1)66-58-38-15-12-34-54(58)65(55-35-13-16-39-59(55)66)53-33-11-8-30-52(53)63-56(65)36-20-40-60(63)67(61-41-19-32-51-50-29-10-17-42-62(50)68-64(51)61)57-37-14-9-28-49(57)48-27-7-6-26-47(48)46-31-18-22-43-21-4-5-25-45(43)46/h1-42H. The third-order valence-corrected chi connectivity index (χ3v) is 14.5. The Labute approximate surface area is 395 Å². The van der Waals surface area contributed by atoms with Gasteiger partial charge in [-0.05, 0) is 104 Å². The van der Waals surface area contributed by atoms with Crippen LogP contribution in [-0.4, -0.2) is 0 Å². The molecule has 1 aromatic heterocycles. The summed E-state index contributed by atoms with van der Waals surface area (Å²) < 4.78 is 6.99. The van der Waals surface area contributed by atoms with E-state index in [1.54, 1.807) is 0 Å². The fourth-order valence-electron chi connectivity index (χ4n) is 11.8. The van der Waals surface area contributed by atoms with Crippen LogP contribution in [0.2, 0.25) is 0 Å². The fraction of sp³-hybridized carbons (Fsp3) is 0.0154. The van der Waals surface area contributed by atoms with Crippen LogP contribution in [0.4, 0.5) is 34.1 Å². The molecule has 14 rings (SSSR count). The molecule has 0 fully saturated rings. The first kappa shape index (κ1) is 38.4. The van der Waals surface area contributed by atoms with Crippen LogP contribution < -0.4 is 9.80 Å². The molecule has 3 heteroatoms. The highest BCUT2D eigenvalue weighted by molar-refractivity contribution is 6.13. The molecule has 0 bridgehead atoms. The summed E-state index contributed by atoms with van der Waals surface area (Å²) in [6.45, 7) is 0. The Morgan fingerprint density at radius 1 is 0.324 bits per heavy atom. The van der Waals surface area contributed by atoms with Crippen LogP contribution >= 0.6 is 0 Å². The first-order valence-corrected chi connectivity index (χ1v) is 23.4. The van der Waals surface area contributed by atoms with Crippen LogP contribution in [-0.2, 0) is 5.41 Å². The number of benzene rings is 11. The largest absolute Gasteiger partial charge is 0.454 e. The monoisotopic (exact) mass is 866 g/mol. The van der Waals surface area contributed by atoms with Crippen molar-refractivity contribution in [2.75, 3.05) is 9.80 Å². The zero-order valence-corrected chi connectivity index (χ0v) is 37.1. The van der Waals surface area contributed by atoms with Crippen molar-refractivity contribution in [3.63, 3.8) is 0 Å². The third kappa shape index (κ3) is 5.41. The van der Waals surface area contributed by atoms with E-state index in [0.29, 0.717) is 0 Å². The number of hydrogen-bond donors (Lipinski definition) is 0. The maximum Gasteiger partial charge on any atom is 0.159 e. The smallest absolute Gasteiger partial charge is 0.159 e. The van der Waals surface area contributed by atoms with Crippen molar-refractivity contribution < 1.29 is 4.42 Å². The van der Waals surface area contributed by atoms with Gasteiger partial charge in [-0.2, -0.15) is 0 Å². The van der Waals surface area contributed by atoms with Crippen LogP contribution in [0, 0.1) is 0 Å². The number of hydrogen-bond acceptors (Lipinski definition) is 3. The summed E-state index contributed by atoms with van der Waals surface area (Å²) in [5, 5.41) is 4.62. The Morgan fingerprint density at radius 2 is 0.824 bits per heavy atom. The second-order valence-electron chi connectivity index (χ2n) is 17.9. The van der Waals surface area contributed by atoms with Gasteiger partial charge >= 0.3 is 0 Å². The SMILES string of the molecule is c1ccc(N2c3ccccc3C3(c4ccccc4-c4c(N(c5ccccc5-c5ccccc5-c5cccc6ccccc56)c5cccc6c5oc5ccccc56)cccc43)c3ccccc32)cc1. The summed E-state index contributed by atoms with van der Waals surface area (Å²) in [5.41, 5.74) is 19.8. The minimum absolute atomic E-state index is 0.627. The summed E-state index contributed by atoms with van der Waals surface area (Å²) >= 11 is 0. The molecule has 2 aliphatic rings. The molecular formula is C65H42N2O. The summed E-state index contributed by atoms with van der Waals surface area (Å²) in [5.74, 6) is 0. The molecular weight excluding hydrogens is 825 g/mol. The van der Waals surface area contributed by atoms with Crippen LogP contribution in [0.5, 0.6) is 0 Å². The predicted octanol–water partition coefficient (Wildman–Crippen LogP) is 17.7. The summed E-state index contributed by atoms with van der Waals surface area (Å²) in [4.78, 5) is 4.93. The molecule has 2 heterocycles. The van der Waals surface area contributed by atoms with Gasteiger partial charge in [0, 0.05) is 27.6 Å². The lowest BCUT2D eigenvalue weighted by atomic mass is 9.64. The summed E-state index contributed by atoms with van der Waals surface area (Å²) in [6.07, 6.45) is 0. The minimum atomic E-state index is -0.627. The highest BCUT2D eigenvalue weighted by atomic mass is 16.3. The van der Waals surface area contributed by atoms with Gasteiger partial charge in [0.15, 0.2) is 5.58 Å². The summed E-state index contributed by atoms with van der Waals surface area (Å²) in [7, 11) is 0. The van der Waals surface area contributed by atoms with Crippen molar-refractivity contribution in [3.8, 4) is 33.4 Å². The molecule has 1 aliphatic heterocycles. The van der Waals surface area contributed by atoms with Crippen molar-refractivity contribution in [2.24, 2.45) is 0 Å². The van der Waals surface area contributed by atoms with Gasteiger partial charge in [0.1, 0.15) is 5.58 Å². The molecule has 68 heavy (non-hydrogen) atoms. The average Bonchev–Trinajstić information content (AvgIpc) is 3.94. The molecule has 0 saturated heterocycles. The zero-order chi connectivity index (χ0) is 44.8. The number of nitrogens with zero attached hydrogens (tertiary/aromatic N) is 2. The van der Waals surface area contributed by atoms with Crippen molar-refractivity contribution in [2.45, 2.75) is 5.41 Å². The van der Waals surface area contributed by atoms with Crippen LogP contribution in [0.25, 0.3) is 66.1 Å². The Bertz CT molecular complexity index is 3900. The highest BCUT2D eigenvalue weighted by Crippen LogP contribution is 2.65. The molecule has 12 aromatic rings. The maximum absolute atomic E-state index is 6.99. The van der Waals surface area contributed by atoms with Gasteiger partial charge in [-0.25, -0.2) is 0 Å². The Morgan fingerprint density at radius 3 is 1.62 bits per heavy atom. The zero-order valence-electron chi connectivity index (χ0n) is 37.1. The first-order chi connectivity index (χ1) is 33.8. The Kier molecular flexibility index (Phi) is 8.50. The van der Waals surface area contributed by atoms with Gasteiger partial charge in [0.25, 0.3) is 0 Å². The molecule has 0 amide bonds. The van der Waals surface area contributed by atoms with Crippen LogP contribution in [0.15, 0.2) is 259 Å². The second-order valence-corrected chi connectivity index (χ2v) is 17.9. The summed E-state index contributed by atoms with van der Waals surface area (Å²) in [6, 6.07) is 93.1. The number of para-hydroxylation sites is 6. The lowest BCUT2D eigenvalue weighted by molar-refractivity contribution is 0.669. The van der Waals surface area contributed by atoms with Gasteiger partial charge in [-0.3, -0.25) is 0 Å². The van der Waals surface area contributed by atoms with E-state index < -0.39 is 5.41 Å². The molecule has 1 spiro atoms. The lowest BCUT2D eigenvalue weighted by Crippen LogP contribution is -2.36. The Hall–Kier alpha value is -8.92. The molecule has 3 nitrogen and oxygen atoms in total. The molecule has 0 saturated carbocycles. The fourth-order valence-corrected chi connectivity index (χ4v) is 11.8. The predicted molar refractivity (Wildman–Crippen MR) is 282 cm³/mol. The van der Waals surface area contributed by atoms with Crippen molar-refractivity contribution in [1.29, 1.82) is 0 Å². The minimum Gasteiger partial charge on any atom is -0.454 e. The average molecular weight is 867 g/mol. The third-order valence-electron chi connectivity index (χ3n) is 14.5. The van der Waals surface area contributed by atoms with Gasteiger partial charge in [0.05, 0.1) is 33.9 Å². The van der Waals surface area contributed by atoms with E-state index in [9.17, 15) is 0 Å². The quantitative estimate of drug-likeness (QED) is 0.166. The second kappa shape index (κ2) is 15.1. The first-order valence-electron chi connectivity index (χ1n) is 23.4. The van der Waals surface area contributed by atoms with Crippen molar-refractivity contribution >= 4 is 66.8 Å². The van der Waals surface area contributed by atoms with Gasteiger partial charge < -0.3 is 14.2 Å². The number of rotatable bonds is 6. The van der Waals surface area contributed by atoms with E-state index in [-0.39, 0.29) is 0 Å². The van der Waals surface area contributed by atoms with Crippen LogP contribution in [0.3, 0.4) is 0 Å². The maximum atomic E-state index is 6.99. The number of fused-ring (bicyclic) bond motifs is 13. The molecule has 318 valence electrons. The molecule has 0 radical (unpaired) electrons. The molecule has 0 unspecified atom stereocenters. The van der Waals surface area contributed by atoms with E-state index in [1.807, 2.05) is 0 Å². The van der Waals surface area contributed by atoms with Gasteiger partial charge in [-0.1, -0.05) is 206 Å². The van der Waals surface area contributed by atoms with Crippen molar-refractivity contribution in [1.82, 2.24) is 0 Å². The van der Waals surface area contributed by atoms with E-state index in [2.05, 4.69) is 265 Å². The molecule has 11 aromatic carbocycles. The number of furan rings is 1.